The third-order valence-corrected chi connectivity index (χ3v) is 5.99. The first kappa shape index (κ1) is 20.7. The molecular formula is C19H14Cl3N3O2S. The maximum atomic E-state index is 13.1. The highest BCUT2D eigenvalue weighted by Gasteiger charge is 2.35. The third kappa shape index (κ3) is 4.36. The number of nitrogens with zero attached hydrogens (tertiary/aromatic N) is 2. The molecule has 2 aromatic carbocycles. The van der Waals surface area contributed by atoms with Gasteiger partial charge in [0.15, 0.2) is 5.17 Å². The van der Waals surface area contributed by atoms with E-state index in [-0.39, 0.29) is 10.7 Å². The van der Waals surface area contributed by atoms with Gasteiger partial charge in [-0.25, -0.2) is 4.99 Å². The number of halogens is 3. The number of amidine groups is 1. The lowest BCUT2D eigenvalue weighted by Crippen LogP contribution is -2.33. The Hall–Kier alpha value is -1.99. The summed E-state index contributed by atoms with van der Waals surface area (Å²) in [6.45, 7) is 1.64. The molecule has 0 unspecified atom stereocenters. The Morgan fingerprint density at radius 3 is 2.50 bits per heavy atom. The zero-order chi connectivity index (χ0) is 20.4. The van der Waals surface area contributed by atoms with Crippen molar-refractivity contribution < 1.29 is 9.59 Å². The van der Waals surface area contributed by atoms with Crippen LogP contribution in [0.15, 0.2) is 53.2 Å². The van der Waals surface area contributed by atoms with Crippen LogP contribution in [0.1, 0.15) is 12.5 Å². The summed E-state index contributed by atoms with van der Waals surface area (Å²) in [5, 5.41) is 0.796. The first-order valence-corrected chi connectivity index (χ1v) is 10.1. The molecule has 1 atom stereocenters. The van der Waals surface area contributed by atoms with E-state index in [2.05, 4.69) is 4.99 Å². The quantitative estimate of drug-likeness (QED) is 0.661. The standard InChI is InChI=1S/C19H14Cl3N3O2S/c1-10(17(23)26)28-19-24-14(9-11-5-7-12(20)8-6-11)18(27)25(19)15-4-2-3-13(21)16(15)22/h2-10H,1H3,(H2,23,26)/b14-9-/t10-/m1/s1. The predicted octanol–water partition coefficient (Wildman–Crippen LogP) is 5.00. The Kier molecular flexibility index (Phi) is 6.35. The summed E-state index contributed by atoms with van der Waals surface area (Å²) in [7, 11) is 0. The van der Waals surface area contributed by atoms with Crippen LogP contribution in [0.2, 0.25) is 15.1 Å². The van der Waals surface area contributed by atoms with E-state index in [1.807, 2.05) is 0 Å². The highest BCUT2D eigenvalue weighted by Crippen LogP contribution is 2.38. The van der Waals surface area contributed by atoms with Gasteiger partial charge in [-0.15, -0.1) is 0 Å². The lowest BCUT2D eigenvalue weighted by atomic mass is 10.2. The maximum Gasteiger partial charge on any atom is 0.283 e. The number of anilines is 1. The Morgan fingerprint density at radius 2 is 1.86 bits per heavy atom. The average molecular weight is 455 g/mol. The van der Waals surface area contributed by atoms with Crippen molar-refractivity contribution in [3.63, 3.8) is 0 Å². The van der Waals surface area contributed by atoms with Crippen LogP contribution in [0, 0.1) is 0 Å². The number of carbonyl (C=O) groups excluding carboxylic acids is 2. The number of amides is 2. The van der Waals surface area contributed by atoms with Gasteiger partial charge in [0.05, 0.1) is 21.0 Å². The number of hydrogen-bond donors (Lipinski definition) is 1. The van der Waals surface area contributed by atoms with Crippen LogP contribution in [0.5, 0.6) is 0 Å². The molecule has 144 valence electrons. The minimum atomic E-state index is -0.595. The molecule has 2 aromatic rings. The highest BCUT2D eigenvalue weighted by molar-refractivity contribution is 8.15. The summed E-state index contributed by atoms with van der Waals surface area (Å²) < 4.78 is 0. The van der Waals surface area contributed by atoms with E-state index in [9.17, 15) is 9.59 Å². The minimum Gasteiger partial charge on any atom is -0.369 e. The number of hydrogen-bond acceptors (Lipinski definition) is 4. The number of thioether (sulfide) groups is 1. The molecule has 0 spiro atoms. The van der Waals surface area contributed by atoms with E-state index in [0.717, 1.165) is 17.3 Å². The number of primary amides is 1. The smallest absolute Gasteiger partial charge is 0.283 e. The Balaban J connectivity index is 2.05. The summed E-state index contributed by atoms with van der Waals surface area (Å²) in [6.07, 6.45) is 1.63. The van der Waals surface area contributed by atoms with E-state index in [4.69, 9.17) is 40.5 Å². The van der Waals surface area contributed by atoms with Crippen molar-refractivity contribution in [2.24, 2.45) is 10.7 Å². The van der Waals surface area contributed by atoms with Crippen molar-refractivity contribution in [2.75, 3.05) is 4.90 Å². The molecule has 2 amide bonds. The molecule has 3 rings (SSSR count). The fraction of sp³-hybridized carbons (Fsp3) is 0.105. The van der Waals surface area contributed by atoms with Crippen molar-refractivity contribution in [3.8, 4) is 0 Å². The zero-order valence-electron chi connectivity index (χ0n) is 14.5. The Labute approximate surface area is 181 Å². The predicted molar refractivity (Wildman–Crippen MR) is 117 cm³/mol. The number of benzene rings is 2. The fourth-order valence-electron chi connectivity index (χ4n) is 2.39. The van der Waals surface area contributed by atoms with Gasteiger partial charge in [0.25, 0.3) is 5.91 Å². The average Bonchev–Trinajstić information content (AvgIpc) is 2.94. The number of nitrogens with two attached hydrogens (primary N) is 1. The van der Waals surface area contributed by atoms with Crippen LogP contribution < -0.4 is 10.6 Å². The molecule has 0 bridgehead atoms. The van der Waals surface area contributed by atoms with Crippen LogP contribution >= 0.6 is 46.6 Å². The van der Waals surface area contributed by atoms with Gasteiger partial charge in [-0.1, -0.05) is 64.8 Å². The van der Waals surface area contributed by atoms with Gasteiger partial charge in [0.2, 0.25) is 5.91 Å². The van der Waals surface area contributed by atoms with E-state index >= 15 is 0 Å². The molecule has 28 heavy (non-hydrogen) atoms. The van der Waals surface area contributed by atoms with Crippen LogP contribution in [-0.4, -0.2) is 22.2 Å². The summed E-state index contributed by atoms with van der Waals surface area (Å²) in [6, 6.07) is 11.9. The summed E-state index contributed by atoms with van der Waals surface area (Å²) in [5.41, 5.74) is 6.69. The van der Waals surface area contributed by atoms with Gasteiger partial charge in [0.1, 0.15) is 5.70 Å². The lowest BCUT2D eigenvalue weighted by molar-refractivity contribution is -0.117. The topological polar surface area (TPSA) is 75.8 Å². The molecule has 1 aliphatic heterocycles. The summed E-state index contributed by atoms with van der Waals surface area (Å²) in [4.78, 5) is 30.3. The van der Waals surface area contributed by atoms with Gasteiger partial charge >= 0.3 is 0 Å². The first-order valence-electron chi connectivity index (χ1n) is 8.08. The minimum absolute atomic E-state index is 0.192. The molecule has 5 nitrogen and oxygen atoms in total. The van der Waals surface area contributed by atoms with Crippen LogP contribution in [0.3, 0.4) is 0 Å². The Morgan fingerprint density at radius 1 is 1.18 bits per heavy atom. The second kappa shape index (κ2) is 8.57. The van der Waals surface area contributed by atoms with Crippen molar-refractivity contribution in [3.05, 3.63) is 68.8 Å². The number of carbonyl (C=O) groups is 2. The normalized spacial score (nSPS) is 16.4. The SMILES string of the molecule is C[C@@H](SC1=N/C(=C\c2ccc(Cl)cc2)C(=O)N1c1cccc(Cl)c1Cl)C(N)=O. The maximum absolute atomic E-state index is 13.1. The van der Waals surface area contributed by atoms with Crippen LogP contribution in [-0.2, 0) is 9.59 Å². The lowest BCUT2D eigenvalue weighted by Gasteiger charge is -2.20. The highest BCUT2D eigenvalue weighted by atomic mass is 35.5. The van der Waals surface area contributed by atoms with Crippen molar-refractivity contribution in [1.29, 1.82) is 0 Å². The first-order chi connectivity index (χ1) is 13.3. The van der Waals surface area contributed by atoms with Gasteiger partial charge in [-0.2, -0.15) is 0 Å². The molecule has 2 N–H and O–H groups in total. The molecule has 0 saturated heterocycles. The molecule has 0 radical (unpaired) electrons. The zero-order valence-corrected chi connectivity index (χ0v) is 17.6. The molecule has 0 fully saturated rings. The van der Waals surface area contributed by atoms with Gasteiger partial charge < -0.3 is 5.73 Å². The number of rotatable bonds is 4. The largest absolute Gasteiger partial charge is 0.369 e. The van der Waals surface area contributed by atoms with Gasteiger partial charge in [-0.3, -0.25) is 14.5 Å². The van der Waals surface area contributed by atoms with Crippen molar-refractivity contribution >= 4 is 75.3 Å². The molecule has 1 heterocycles. The fourth-order valence-corrected chi connectivity index (χ4v) is 3.76. The third-order valence-electron chi connectivity index (χ3n) is 3.86. The summed E-state index contributed by atoms with van der Waals surface area (Å²) in [5.74, 6) is -0.911. The second-order valence-electron chi connectivity index (χ2n) is 5.85. The molecule has 1 aliphatic rings. The monoisotopic (exact) mass is 453 g/mol. The number of aliphatic imine (C=N–C) groups is 1. The van der Waals surface area contributed by atoms with Crippen LogP contribution in [0.4, 0.5) is 5.69 Å². The molecule has 0 aromatic heterocycles. The molecule has 0 saturated carbocycles. The Bertz CT molecular complexity index is 1010. The molecule has 9 heteroatoms. The van der Waals surface area contributed by atoms with Gasteiger partial charge in [-0.05, 0) is 42.8 Å². The van der Waals surface area contributed by atoms with Crippen molar-refractivity contribution in [2.45, 2.75) is 12.2 Å². The van der Waals surface area contributed by atoms with E-state index < -0.39 is 17.1 Å². The molecular weight excluding hydrogens is 441 g/mol. The van der Waals surface area contributed by atoms with E-state index in [1.165, 1.54) is 4.90 Å². The second-order valence-corrected chi connectivity index (χ2v) is 8.38. The summed E-state index contributed by atoms with van der Waals surface area (Å²) >= 11 is 19.4. The van der Waals surface area contributed by atoms with Crippen LogP contribution in [0.25, 0.3) is 6.08 Å². The molecule has 0 aliphatic carbocycles. The van der Waals surface area contributed by atoms with E-state index in [1.54, 1.807) is 55.5 Å². The van der Waals surface area contributed by atoms with Gasteiger partial charge in [0, 0.05) is 5.02 Å². The van der Waals surface area contributed by atoms with E-state index in [0.29, 0.717) is 20.9 Å². The van der Waals surface area contributed by atoms with Crippen molar-refractivity contribution in [1.82, 2.24) is 0 Å².